The summed E-state index contributed by atoms with van der Waals surface area (Å²) in [4.78, 5) is 12.9. The molecule has 2 heterocycles. The first-order valence-corrected chi connectivity index (χ1v) is 9.66. The molecule has 2 aromatic carbocycles. The van der Waals surface area contributed by atoms with E-state index >= 15 is 0 Å². The van der Waals surface area contributed by atoms with Gasteiger partial charge in [0, 0.05) is 5.56 Å². The van der Waals surface area contributed by atoms with Crippen LogP contribution in [0.2, 0.25) is 0 Å². The van der Waals surface area contributed by atoms with Crippen LogP contribution in [0, 0.1) is 0 Å². The number of amides is 1. The average Bonchev–Trinajstić information content (AvgIpc) is 3.19. The Balaban J connectivity index is 1.55. The highest BCUT2D eigenvalue weighted by Gasteiger charge is 2.30. The Hall–Kier alpha value is -3.07. The number of nitrogens with one attached hydrogen (secondary N) is 1. The molecule has 0 saturated carbocycles. The van der Waals surface area contributed by atoms with Gasteiger partial charge in [-0.05, 0) is 52.7 Å². The summed E-state index contributed by atoms with van der Waals surface area (Å²) >= 11 is 0. The van der Waals surface area contributed by atoms with Crippen LogP contribution in [0.15, 0.2) is 59.8 Å². The van der Waals surface area contributed by atoms with Crippen molar-refractivity contribution in [3.05, 3.63) is 66.0 Å². The minimum Gasteiger partial charge on any atom is -0.345 e. The first-order chi connectivity index (χ1) is 12.5. The molecular formula is C17H15N5O3S. The molecule has 4 rings (SSSR count). The van der Waals surface area contributed by atoms with Crippen molar-refractivity contribution in [3.63, 3.8) is 0 Å². The molecule has 1 aromatic heterocycles. The molecule has 0 saturated heterocycles. The zero-order chi connectivity index (χ0) is 18.1. The first-order valence-electron chi connectivity index (χ1n) is 8.00. The number of hydrogen-bond donors (Lipinski definition) is 1. The van der Waals surface area contributed by atoms with Gasteiger partial charge in [0.25, 0.3) is 5.91 Å². The summed E-state index contributed by atoms with van der Waals surface area (Å²) in [5, 5.41) is 13.9. The normalized spacial score (nSPS) is 18.1. The lowest BCUT2D eigenvalue weighted by Crippen LogP contribution is -2.33. The third-order valence-corrected chi connectivity index (χ3v) is 6.17. The van der Waals surface area contributed by atoms with Crippen LogP contribution >= 0.6 is 0 Å². The molecule has 0 spiro atoms. The molecule has 1 atom stereocenters. The van der Waals surface area contributed by atoms with Gasteiger partial charge in [-0.25, -0.2) is 13.1 Å². The van der Waals surface area contributed by atoms with Gasteiger partial charge in [0.2, 0.25) is 0 Å². The molecule has 0 unspecified atom stereocenters. The number of aromatic nitrogens is 4. The third-order valence-electron chi connectivity index (χ3n) is 4.35. The van der Waals surface area contributed by atoms with Gasteiger partial charge in [0.05, 0.1) is 22.4 Å². The van der Waals surface area contributed by atoms with Crippen molar-refractivity contribution in [3.8, 4) is 5.69 Å². The Kier molecular flexibility index (Phi) is 4.00. The van der Waals surface area contributed by atoms with E-state index in [0.717, 1.165) is 5.69 Å². The summed E-state index contributed by atoms with van der Waals surface area (Å²) in [7, 11) is -3.28. The standard InChI is InChI=1S/C17H15N5O3S/c23-17(12-5-7-13(8-6-12)22-11-18-20-21-22)19-15-9-10-26(24,25)16-4-2-1-3-14(15)16/h1-8,11,15H,9-10H2,(H,19,23)/t15-/m0/s1. The number of tetrazole rings is 1. The maximum Gasteiger partial charge on any atom is 0.251 e. The van der Waals surface area contributed by atoms with Crippen molar-refractivity contribution < 1.29 is 13.2 Å². The largest absolute Gasteiger partial charge is 0.345 e. The molecule has 1 N–H and O–H groups in total. The van der Waals surface area contributed by atoms with Gasteiger partial charge in [0.1, 0.15) is 6.33 Å². The predicted molar refractivity (Wildman–Crippen MR) is 92.5 cm³/mol. The second kappa shape index (κ2) is 6.34. The van der Waals surface area contributed by atoms with E-state index in [2.05, 4.69) is 20.8 Å². The molecule has 132 valence electrons. The number of nitrogens with zero attached hydrogens (tertiary/aromatic N) is 4. The number of sulfone groups is 1. The highest BCUT2D eigenvalue weighted by molar-refractivity contribution is 7.91. The van der Waals surface area contributed by atoms with Crippen LogP contribution in [-0.2, 0) is 9.84 Å². The molecule has 1 aliphatic rings. The van der Waals surface area contributed by atoms with E-state index in [9.17, 15) is 13.2 Å². The van der Waals surface area contributed by atoms with Gasteiger partial charge in [0.15, 0.2) is 9.84 Å². The van der Waals surface area contributed by atoms with E-state index in [4.69, 9.17) is 0 Å². The van der Waals surface area contributed by atoms with Crippen molar-refractivity contribution in [1.82, 2.24) is 25.5 Å². The Morgan fingerprint density at radius 1 is 1.12 bits per heavy atom. The van der Waals surface area contributed by atoms with Gasteiger partial charge >= 0.3 is 0 Å². The van der Waals surface area contributed by atoms with E-state index in [1.54, 1.807) is 48.5 Å². The summed E-state index contributed by atoms with van der Waals surface area (Å²) in [6, 6.07) is 13.3. The smallest absolute Gasteiger partial charge is 0.251 e. The van der Waals surface area contributed by atoms with Gasteiger partial charge in [-0.15, -0.1) is 5.10 Å². The number of carbonyl (C=O) groups is 1. The second-order valence-electron chi connectivity index (χ2n) is 5.97. The summed E-state index contributed by atoms with van der Waals surface area (Å²) < 4.78 is 25.9. The predicted octanol–water partition coefficient (Wildman–Crippen LogP) is 1.31. The molecule has 0 aliphatic carbocycles. The van der Waals surface area contributed by atoms with Crippen LogP contribution in [0.3, 0.4) is 0 Å². The number of hydrogen-bond acceptors (Lipinski definition) is 6. The Labute approximate surface area is 149 Å². The molecule has 0 fully saturated rings. The summed E-state index contributed by atoms with van der Waals surface area (Å²) in [6.07, 6.45) is 1.82. The summed E-state index contributed by atoms with van der Waals surface area (Å²) in [6.45, 7) is 0. The van der Waals surface area contributed by atoms with E-state index in [0.29, 0.717) is 22.4 Å². The molecule has 1 amide bonds. The Bertz CT molecular complexity index is 1050. The Morgan fingerprint density at radius 2 is 1.88 bits per heavy atom. The molecule has 26 heavy (non-hydrogen) atoms. The van der Waals surface area contributed by atoms with Gasteiger partial charge < -0.3 is 5.32 Å². The van der Waals surface area contributed by atoms with E-state index in [-0.39, 0.29) is 17.7 Å². The molecular weight excluding hydrogens is 354 g/mol. The minimum atomic E-state index is -3.28. The van der Waals surface area contributed by atoms with Gasteiger partial charge in [-0.3, -0.25) is 4.79 Å². The van der Waals surface area contributed by atoms with Crippen LogP contribution in [0.4, 0.5) is 0 Å². The molecule has 9 heteroatoms. The molecule has 3 aromatic rings. The molecule has 0 radical (unpaired) electrons. The fourth-order valence-corrected chi connectivity index (χ4v) is 4.65. The van der Waals surface area contributed by atoms with E-state index in [1.807, 2.05) is 0 Å². The Morgan fingerprint density at radius 3 is 2.62 bits per heavy atom. The van der Waals surface area contributed by atoms with Crippen molar-refractivity contribution in [2.75, 3.05) is 5.75 Å². The summed E-state index contributed by atoms with van der Waals surface area (Å²) in [5.41, 5.74) is 1.85. The number of rotatable bonds is 3. The zero-order valence-electron chi connectivity index (χ0n) is 13.6. The zero-order valence-corrected chi connectivity index (χ0v) is 14.4. The van der Waals surface area contributed by atoms with Crippen LogP contribution in [0.1, 0.15) is 28.4 Å². The first kappa shape index (κ1) is 16.4. The maximum absolute atomic E-state index is 12.6. The number of carbonyl (C=O) groups excluding carboxylic acids is 1. The lowest BCUT2D eigenvalue weighted by molar-refractivity contribution is 0.0934. The molecule has 0 bridgehead atoms. The number of fused-ring (bicyclic) bond motifs is 1. The van der Waals surface area contributed by atoms with Gasteiger partial charge in [-0.2, -0.15) is 0 Å². The van der Waals surface area contributed by atoms with Crippen molar-refractivity contribution >= 4 is 15.7 Å². The highest BCUT2D eigenvalue weighted by Crippen LogP contribution is 2.32. The fraction of sp³-hybridized carbons (Fsp3) is 0.176. The number of benzene rings is 2. The van der Waals surface area contributed by atoms with Crippen LogP contribution < -0.4 is 5.32 Å². The van der Waals surface area contributed by atoms with Crippen molar-refractivity contribution in [2.45, 2.75) is 17.4 Å². The van der Waals surface area contributed by atoms with E-state index in [1.165, 1.54) is 11.0 Å². The molecule has 1 aliphatic heterocycles. The SMILES string of the molecule is O=C(N[C@H]1CCS(=O)(=O)c2ccccc21)c1ccc(-n2cnnn2)cc1. The van der Waals surface area contributed by atoms with Crippen molar-refractivity contribution in [2.24, 2.45) is 0 Å². The van der Waals surface area contributed by atoms with Crippen LogP contribution in [0.25, 0.3) is 5.69 Å². The van der Waals surface area contributed by atoms with Crippen molar-refractivity contribution in [1.29, 1.82) is 0 Å². The lowest BCUT2D eigenvalue weighted by Gasteiger charge is -2.26. The lowest BCUT2D eigenvalue weighted by atomic mass is 10.0. The fourth-order valence-electron chi connectivity index (χ4n) is 3.03. The van der Waals surface area contributed by atoms with Gasteiger partial charge in [-0.1, -0.05) is 18.2 Å². The second-order valence-corrected chi connectivity index (χ2v) is 8.05. The quantitative estimate of drug-likeness (QED) is 0.746. The van der Waals surface area contributed by atoms with Crippen LogP contribution in [0.5, 0.6) is 0 Å². The average molecular weight is 369 g/mol. The topological polar surface area (TPSA) is 107 Å². The monoisotopic (exact) mass is 369 g/mol. The van der Waals surface area contributed by atoms with Crippen LogP contribution in [-0.4, -0.2) is 40.3 Å². The summed E-state index contributed by atoms with van der Waals surface area (Å²) in [5.74, 6) is -0.236. The molecule has 8 nitrogen and oxygen atoms in total. The van der Waals surface area contributed by atoms with E-state index < -0.39 is 9.84 Å². The maximum atomic E-state index is 12.6. The third kappa shape index (κ3) is 2.97. The highest BCUT2D eigenvalue weighted by atomic mass is 32.2. The minimum absolute atomic E-state index is 0.0210.